The second-order valence-corrected chi connectivity index (χ2v) is 10.4. The molecule has 3 rings (SSSR count). The summed E-state index contributed by atoms with van der Waals surface area (Å²) in [6, 6.07) is 11.2. The molecule has 11 nitrogen and oxygen atoms in total. The maximum Gasteiger partial charge on any atom is 0.407 e. The third kappa shape index (κ3) is 7.11. The third-order valence-corrected chi connectivity index (χ3v) is 6.54. The van der Waals surface area contributed by atoms with E-state index in [9.17, 15) is 28.7 Å². The van der Waals surface area contributed by atoms with E-state index in [1.165, 1.54) is 4.90 Å². The van der Waals surface area contributed by atoms with Crippen molar-refractivity contribution in [3.8, 4) is 11.3 Å². The van der Waals surface area contributed by atoms with Crippen molar-refractivity contribution in [2.24, 2.45) is 0 Å². The normalized spacial score (nSPS) is 15.1. The van der Waals surface area contributed by atoms with E-state index in [-0.39, 0.29) is 37.8 Å². The van der Waals surface area contributed by atoms with Gasteiger partial charge in [-0.25, -0.2) is 9.78 Å². The number of piperazine rings is 1. The number of nitrogens with one attached hydrogen (secondary N) is 1. The van der Waals surface area contributed by atoms with Crippen molar-refractivity contribution in [2.45, 2.75) is 25.8 Å². The standard InChI is InChI=1S/C23H29N4O7P/c1-15(2)17-12-18(16-6-4-3-5-7-16)24-19(13-17)21(28)25-20(14-35(32,33)34)22(29)26-8-10-27(11-9-26)23(30)31/h3-7,12-13,15,20H,8-11,14H2,1-2H3,(H,25,28)(H,30,31)(H2,32,33,34)/t20-/m0/s1. The van der Waals surface area contributed by atoms with Crippen molar-refractivity contribution in [1.29, 1.82) is 0 Å². The Morgan fingerprint density at radius 2 is 1.63 bits per heavy atom. The number of aromatic nitrogens is 1. The highest BCUT2D eigenvalue weighted by atomic mass is 31.2. The van der Waals surface area contributed by atoms with Crippen molar-refractivity contribution in [1.82, 2.24) is 20.1 Å². The van der Waals surface area contributed by atoms with Crippen LogP contribution in [0.25, 0.3) is 11.3 Å². The molecule has 1 aliphatic heterocycles. The fourth-order valence-electron chi connectivity index (χ4n) is 3.75. The lowest BCUT2D eigenvalue weighted by molar-refractivity contribution is -0.134. The SMILES string of the molecule is CC(C)c1cc(C(=O)N[C@@H](CP(=O)(O)O)C(=O)N2CCN(C(=O)O)CC2)nc(-c2ccccc2)c1. The van der Waals surface area contributed by atoms with Gasteiger partial charge in [0, 0.05) is 31.7 Å². The Balaban J connectivity index is 1.86. The van der Waals surface area contributed by atoms with Gasteiger partial charge in [-0.3, -0.25) is 14.2 Å². The molecule has 35 heavy (non-hydrogen) atoms. The first kappa shape index (κ1) is 26.3. The number of hydrogen-bond donors (Lipinski definition) is 4. The van der Waals surface area contributed by atoms with Crippen LogP contribution < -0.4 is 5.32 Å². The number of pyridine rings is 1. The second-order valence-electron chi connectivity index (χ2n) is 8.66. The van der Waals surface area contributed by atoms with Crippen molar-refractivity contribution in [2.75, 3.05) is 32.3 Å². The second kappa shape index (κ2) is 11.0. The zero-order chi connectivity index (χ0) is 25.8. The van der Waals surface area contributed by atoms with Crippen LogP contribution >= 0.6 is 7.60 Å². The largest absolute Gasteiger partial charge is 0.465 e. The van der Waals surface area contributed by atoms with Crippen LogP contribution in [-0.4, -0.2) is 86.0 Å². The van der Waals surface area contributed by atoms with Gasteiger partial charge < -0.3 is 30.0 Å². The summed E-state index contributed by atoms with van der Waals surface area (Å²) in [6.45, 7) is 4.16. The van der Waals surface area contributed by atoms with Gasteiger partial charge in [0.15, 0.2) is 0 Å². The van der Waals surface area contributed by atoms with Gasteiger partial charge in [-0.2, -0.15) is 0 Å². The van der Waals surface area contributed by atoms with E-state index in [1.807, 2.05) is 50.2 Å². The molecule has 0 spiro atoms. The molecule has 188 valence electrons. The summed E-state index contributed by atoms with van der Waals surface area (Å²) in [6.07, 6.45) is -1.99. The lowest BCUT2D eigenvalue weighted by Crippen LogP contribution is -2.56. The molecule has 0 saturated carbocycles. The number of carbonyl (C=O) groups is 3. The van der Waals surface area contributed by atoms with E-state index in [0.29, 0.717) is 5.69 Å². The summed E-state index contributed by atoms with van der Waals surface area (Å²) in [5.74, 6) is -1.35. The van der Waals surface area contributed by atoms with Crippen molar-refractivity contribution in [3.63, 3.8) is 0 Å². The van der Waals surface area contributed by atoms with Gasteiger partial charge >= 0.3 is 13.7 Å². The van der Waals surface area contributed by atoms with Crippen molar-refractivity contribution in [3.05, 3.63) is 53.7 Å². The van der Waals surface area contributed by atoms with Crippen LogP contribution in [0.2, 0.25) is 0 Å². The Morgan fingerprint density at radius 1 is 1.03 bits per heavy atom. The summed E-state index contributed by atoms with van der Waals surface area (Å²) >= 11 is 0. The van der Waals surface area contributed by atoms with Crippen LogP contribution in [0.4, 0.5) is 4.79 Å². The molecule has 1 atom stereocenters. The molecule has 0 bridgehead atoms. The van der Waals surface area contributed by atoms with E-state index in [4.69, 9.17) is 5.11 Å². The molecule has 1 aliphatic rings. The van der Waals surface area contributed by atoms with E-state index >= 15 is 0 Å². The molecule has 12 heteroatoms. The number of benzene rings is 1. The minimum absolute atomic E-state index is 0.0225. The van der Waals surface area contributed by atoms with Gasteiger partial charge in [0.1, 0.15) is 11.7 Å². The predicted octanol–water partition coefficient (Wildman–Crippen LogP) is 1.97. The summed E-state index contributed by atoms with van der Waals surface area (Å²) in [4.78, 5) is 63.3. The Kier molecular flexibility index (Phi) is 8.26. The van der Waals surface area contributed by atoms with Gasteiger partial charge in [-0.15, -0.1) is 0 Å². The third-order valence-electron chi connectivity index (χ3n) is 5.70. The molecule has 0 radical (unpaired) electrons. The Bertz CT molecular complexity index is 1130. The minimum Gasteiger partial charge on any atom is -0.465 e. The van der Waals surface area contributed by atoms with Crippen molar-refractivity contribution < 1.29 is 33.8 Å². The van der Waals surface area contributed by atoms with Gasteiger partial charge in [0.05, 0.1) is 11.9 Å². The highest BCUT2D eigenvalue weighted by Gasteiger charge is 2.34. The quantitative estimate of drug-likeness (QED) is 0.416. The summed E-state index contributed by atoms with van der Waals surface area (Å²) in [5.41, 5.74) is 2.22. The smallest absolute Gasteiger partial charge is 0.407 e. The molecular formula is C23H29N4O7P. The maximum absolute atomic E-state index is 13.1. The van der Waals surface area contributed by atoms with E-state index in [0.717, 1.165) is 16.0 Å². The molecular weight excluding hydrogens is 475 g/mol. The van der Waals surface area contributed by atoms with Gasteiger partial charge in [-0.1, -0.05) is 44.2 Å². The number of rotatable bonds is 7. The number of hydrogen-bond acceptors (Lipinski definition) is 5. The van der Waals surface area contributed by atoms with Gasteiger partial charge in [0.25, 0.3) is 5.91 Å². The van der Waals surface area contributed by atoms with E-state index in [2.05, 4.69) is 10.3 Å². The zero-order valence-corrected chi connectivity index (χ0v) is 20.4. The Labute approximate surface area is 202 Å². The van der Waals surface area contributed by atoms with Crippen LogP contribution in [0.15, 0.2) is 42.5 Å². The summed E-state index contributed by atoms with van der Waals surface area (Å²) < 4.78 is 11.7. The van der Waals surface area contributed by atoms with Crippen LogP contribution in [0, 0.1) is 0 Å². The molecule has 1 aromatic heterocycles. The molecule has 0 unspecified atom stereocenters. The lowest BCUT2D eigenvalue weighted by atomic mass is 10.00. The molecule has 3 amide bonds. The van der Waals surface area contributed by atoms with Gasteiger partial charge in [-0.05, 0) is 23.6 Å². The fraction of sp³-hybridized carbons (Fsp3) is 0.391. The van der Waals surface area contributed by atoms with Crippen LogP contribution in [0.3, 0.4) is 0 Å². The predicted molar refractivity (Wildman–Crippen MR) is 128 cm³/mol. The van der Waals surface area contributed by atoms with Crippen LogP contribution in [-0.2, 0) is 9.36 Å². The van der Waals surface area contributed by atoms with Crippen molar-refractivity contribution >= 4 is 25.5 Å². The van der Waals surface area contributed by atoms with Gasteiger partial charge in [0.2, 0.25) is 5.91 Å². The average molecular weight is 504 g/mol. The number of amides is 3. The topological polar surface area (TPSA) is 160 Å². The lowest BCUT2D eigenvalue weighted by Gasteiger charge is -2.35. The Morgan fingerprint density at radius 3 is 2.17 bits per heavy atom. The summed E-state index contributed by atoms with van der Waals surface area (Å²) in [7, 11) is -4.67. The molecule has 2 heterocycles. The summed E-state index contributed by atoms with van der Waals surface area (Å²) in [5, 5.41) is 11.5. The first-order valence-corrected chi connectivity index (χ1v) is 12.9. The number of carbonyl (C=O) groups excluding carboxylic acids is 2. The molecule has 0 aliphatic carbocycles. The fourth-order valence-corrected chi connectivity index (χ4v) is 4.48. The van der Waals surface area contributed by atoms with Crippen LogP contribution in [0.1, 0.15) is 35.8 Å². The number of nitrogens with zero attached hydrogens (tertiary/aromatic N) is 3. The maximum atomic E-state index is 13.1. The highest BCUT2D eigenvalue weighted by molar-refractivity contribution is 7.51. The molecule has 4 N–H and O–H groups in total. The van der Waals surface area contributed by atoms with Crippen LogP contribution in [0.5, 0.6) is 0 Å². The molecule has 1 aromatic carbocycles. The first-order chi connectivity index (χ1) is 16.4. The molecule has 2 aromatic rings. The highest BCUT2D eigenvalue weighted by Crippen LogP contribution is 2.35. The molecule has 1 fully saturated rings. The molecule has 1 saturated heterocycles. The van der Waals surface area contributed by atoms with E-state index in [1.54, 1.807) is 6.07 Å². The first-order valence-electron chi connectivity index (χ1n) is 11.1. The monoisotopic (exact) mass is 504 g/mol. The number of carboxylic acid groups (broad SMARTS) is 1. The average Bonchev–Trinajstić information content (AvgIpc) is 2.82. The minimum atomic E-state index is -4.67. The Hall–Kier alpha value is -3.27. The zero-order valence-electron chi connectivity index (χ0n) is 19.5. The van der Waals surface area contributed by atoms with E-state index < -0.39 is 37.7 Å².